The van der Waals surface area contributed by atoms with Crippen molar-refractivity contribution in [3.63, 3.8) is 0 Å². The average molecular weight is 424 g/mol. The maximum Gasteiger partial charge on any atom is 0.168 e. The van der Waals surface area contributed by atoms with Gasteiger partial charge in [0.15, 0.2) is 11.5 Å². The summed E-state index contributed by atoms with van der Waals surface area (Å²) in [6.45, 7) is 0.726. The predicted octanol–water partition coefficient (Wildman–Crippen LogP) is 6.51. The first kappa shape index (κ1) is 21.2. The van der Waals surface area contributed by atoms with Gasteiger partial charge in [-0.05, 0) is 73.4 Å². The van der Waals surface area contributed by atoms with Crippen molar-refractivity contribution in [1.29, 1.82) is 5.26 Å². The van der Waals surface area contributed by atoms with Gasteiger partial charge in [-0.25, -0.2) is 0 Å². The van der Waals surface area contributed by atoms with Crippen LogP contribution in [-0.4, -0.2) is 19.9 Å². The Balaban J connectivity index is 1.48. The van der Waals surface area contributed by atoms with E-state index in [0.29, 0.717) is 11.5 Å². The van der Waals surface area contributed by atoms with Gasteiger partial charge >= 0.3 is 0 Å². The fraction of sp³-hybridized carbons (Fsp3) is 0.185. The van der Waals surface area contributed by atoms with Gasteiger partial charge in [0.25, 0.3) is 0 Å². The minimum Gasteiger partial charge on any atom is -0.493 e. The van der Waals surface area contributed by atoms with Crippen molar-refractivity contribution >= 4 is 29.4 Å². The molecule has 1 aliphatic carbocycles. The number of anilines is 2. The van der Waals surface area contributed by atoms with E-state index in [1.54, 1.807) is 25.5 Å². The van der Waals surface area contributed by atoms with Crippen LogP contribution in [0, 0.1) is 17.2 Å². The molecule has 0 radical (unpaired) electrons. The average Bonchev–Trinajstić information content (AvgIpc) is 3.66. The summed E-state index contributed by atoms with van der Waals surface area (Å²) in [6, 6.07) is 23.2. The first-order valence-electron chi connectivity index (χ1n) is 10.6. The topological polar surface area (TPSA) is 66.6 Å². The maximum absolute atomic E-state index is 8.96. The minimum atomic E-state index is 0.630. The fourth-order valence-corrected chi connectivity index (χ4v) is 3.21. The van der Waals surface area contributed by atoms with E-state index in [9.17, 15) is 0 Å². The molecule has 0 aliphatic heterocycles. The van der Waals surface area contributed by atoms with Crippen LogP contribution in [-0.2, 0) is 0 Å². The van der Waals surface area contributed by atoms with E-state index in [2.05, 4.69) is 16.4 Å². The van der Waals surface area contributed by atoms with Gasteiger partial charge in [0.1, 0.15) is 0 Å². The summed E-state index contributed by atoms with van der Waals surface area (Å²) in [5.41, 5.74) is 4.19. The highest BCUT2D eigenvalue weighted by Crippen LogP contribution is 2.35. The molecule has 1 N–H and O–H groups in total. The monoisotopic (exact) mass is 423 g/mol. The van der Waals surface area contributed by atoms with Crippen LogP contribution in [0.5, 0.6) is 11.5 Å². The lowest BCUT2D eigenvalue weighted by Crippen LogP contribution is -2.02. The second kappa shape index (κ2) is 10.3. The lowest BCUT2D eigenvalue weighted by Gasteiger charge is -2.13. The number of rotatable bonds is 9. The zero-order valence-electron chi connectivity index (χ0n) is 18.0. The zero-order valence-corrected chi connectivity index (χ0v) is 18.0. The molecule has 0 saturated heterocycles. The van der Waals surface area contributed by atoms with Crippen LogP contribution in [0.4, 0.5) is 17.1 Å². The van der Waals surface area contributed by atoms with Gasteiger partial charge in [-0.15, -0.1) is 0 Å². The van der Waals surface area contributed by atoms with Crippen molar-refractivity contribution in [2.24, 2.45) is 10.9 Å². The lowest BCUT2D eigenvalue weighted by molar-refractivity contribution is 0.280. The molecule has 5 heteroatoms. The summed E-state index contributed by atoms with van der Waals surface area (Å²) in [6.07, 6.45) is 8.12. The summed E-state index contributed by atoms with van der Waals surface area (Å²) in [5, 5.41) is 12.3. The van der Waals surface area contributed by atoms with Crippen LogP contribution in [0.1, 0.15) is 24.0 Å². The van der Waals surface area contributed by atoms with E-state index in [0.717, 1.165) is 40.7 Å². The SMILES string of the molecule is COc1cccc(/C=C/C=Nc2ccccc2Nc2ccc(C#N)cc2)c1OCC1CC1. The Morgan fingerprint density at radius 2 is 1.88 bits per heavy atom. The standard InChI is InChI=1S/C27H25N3O2/c1-31-26-10-4-6-22(27(26)32-19-21-11-12-21)7-5-17-29-24-8-2-3-9-25(24)30-23-15-13-20(18-28)14-16-23/h2-10,13-17,21,30H,11-12,19H2,1H3/b7-5+,29-17?. The predicted molar refractivity (Wildman–Crippen MR) is 129 cm³/mol. The van der Waals surface area contributed by atoms with Gasteiger partial charge in [0, 0.05) is 17.5 Å². The molecule has 0 aromatic heterocycles. The number of ether oxygens (including phenoxy) is 2. The Labute approximate surface area is 188 Å². The van der Waals surface area contributed by atoms with Crippen LogP contribution < -0.4 is 14.8 Å². The molecule has 3 aromatic rings. The molecule has 0 spiro atoms. The third-order valence-electron chi connectivity index (χ3n) is 5.16. The second-order valence-electron chi connectivity index (χ2n) is 7.60. The smallest absolute Gasteiger partial charge is 0.168 e. The lowest BCUT2D eigenvalue weighted by atomic mass is 10.1. The normalized spacial score (nSPS) is 13.2. The van der Waals surface area contributed by atoms with E-state index >= 15 is 0 Å². The Bertz CT molecular complexity index is 1160. The number of aliphatic imine (C=N–C) groups is 1. The van der Waals surface area contributed by atoms with Crippen molar-refractivity contribution in [3.8, 4) is 17.6 Å². The van der Waals surface area contributed by atoms with Crippen molar-refractivity contribution in [1.82, 2.24) is 0 Å². The molecule has 0 heterocycles. The number of methoxy groups -OCH3 is 1. The number of hydrogen-bond acceptors (Lipinski definition) is 5. The molecule has 3 aromatic carbocycles. The Morgan fingerprint density at radius 1 is 1.06 bits per heavy atom. The Hall–Kier alpha value is -4.04. The molecular formula is C27H25N3O2. The van der Waals surface area contributed by atoms with Gasteiger partial charge in [-0.3, -0.25) is 4.99 Å². The number of nitriles is 1. The first-order valence-corrected chi connectivity index (χ1v) is 10.6. The molecule has 160 valence electrons. The van der Waals surface area contributed by atoms with E-state index in [4.69, 9.17) is 14.7 Å². The van der Waals surface area contributed by atoms with E-state index < -0.39 is 0 Å². The van der Waals surface area contributed by atoms with Crippen LogP contribution in [0.15, 0.2) is 77.8 Å². The summed E-state index contributed by atoms with van der Waals surface area (Å²) >= 11 is 0. The number of nitrogens with one attached hydrogen (secondary N) is 1. The Morgan fingerprint density at radius 3 is 2.62 bits per heavy atom. The maximum atomic E-state index is 8.96. The number of nitrogens with zero attached hydrogens (tertiary/aromatic N) is 2. The van der Waals surface area contributed by atoms with Crippen molar-refractivity contribution in [2.75, 3.05) is 19.0 Å². The van der Waals surface area contributed by atoms with Gasteiger partial charge < -0.3 is 14.8 Å². The van der Waals surface area contributed by atoms with Crippen LogP contribution in [0.25, 0.3) is 6.08 Å². The largest absolute Gasteiger partial charge is 0.493 e. The van der Waals surface area contributed by atoms with Gasteiger partial charge in [-0.1, -0.05) is 24.3 Å². The molecule has 0 amide bonds. The molecule has 32 heavy (non-hydrogen) atoms. The summed E-state index contributed by atoms with van der Waals surface area (Å²) < 4.78 is 11.5. The van der Waals surface area contributed by atoms with Crippen LogP contribution >= 0.6 is 0 Å². The molecule has 0 bridgehead atoms. The van der Waals surface area contributed by atoms with Crippen molar-refractivity contribution in [3.05, 3.63) is 83.9 Å². The molecule has 1 aliphatic rings. The number of benzene rings is 3. The molecule has 1 fully saturated rings. The third-order valence-corrected chi connectivity index (χ3v) is 5.16. The molecule has 0 atom stereocenters. The van der Waals surface area contributed by atoms with Gasteiger partial charge in [0.2, 0.25) is 0 Å². The number of hydrogen-bond donors (Lipinski definition) is 1. The second-order valence-corrected chi connectivity index (χ2v) is 7.60. The summed E-state index contributed by atoms with van der Waals surface area (Å²) in [7, 11) is 1.66. The third kappa shape index (κ3) is 5.55. The molecular weight excluding hydrogens is 398 g/mol. The first-order chi connectivity index (χ1) is 15.8. The highest BCUT2D eigenvalue weighted by atomic mass is 16.5. The molecule has 4 rings (SSSR count). The van der Waals surface area contributed by atoms with Gasteiger partial charge in [-0.2, -0.15) is 5.26 Å². The molecule has 1 saturated carbocycles. The quantitative estimate of drug-likeness (QED) is 0.398. The van der Waals surface area contributed by atoms with Gasteiger partial charge in [0.05, 0.1) is 36.7 Å². The highest BCUT2D eigenvalue weighted by Gasteiger charge is 2.23. The van der Waals surface area contributed by atoms with Crippen LogP contribution in [0.2, 0.25) is 0 Å². The van der Waals surface area contributed by atoms with E-state index in [-0.39, 0.29) is 0 Å². The summed E-state index contributed by atoms with van der Waals surface area (Å²) in [5.74, 6) is 2.18. The minimum absolute atomic E-state index is 0.630. The number of allylic oxidation sites excluding steroid dienone is 1. The number of para-hydroxylation sites is 3. The molecule has 0 unspecified atom stereocenters. The highest BCUT2D eigenvalue weighted by molar-refractivity contribution is 5.84. The zero-order chi connectivity index (χ0) is 22.2. The summed E-state index contributed by atoms with van der Waals surface area (Å²) in [4.78, 5) is 4.61. The van der Waals surface area contributed by atoms with Crippen LogP contribution in [0.3, 0.4) is 0 Å². The fourth-order valence-electron chi connectivity index (χ4n) is 3.21. The van der Waals surface area contributed by atoms with Crippen molar-refractivity contribution in [2.45, 2.75) is 12.8 Å². The van der Waals surface area contributed by atoms with Crippen molar-refractivity contribution < 1.29 is 9.47 Å². The van der Waals surface area contributed by atoms with E-state index in [1.165, 1.54) is 12.8 Å². The Kier molecular flexibility index (Phi) is 6.84. The molecule has 5 nitrogen and oxygen atoms in total. The van der Waals surface area contributed by atoms with E-state index in [1.807, 2.05) is 66.7 Å².